The van der Waals surface area contributed by atoms with Crippen LogP contribution in [0.1, 0.15) is 31.7 Å². The summed E-state index contributed by atoms with van der Waals surface area (Å²) in [6, 6.07) is 6.46. The molecule has 1 saturated heterocycles. The molecule has 3 atom stereocenters. The summed E-state index contributed by atoms with van der Waals surface area (Å²) in [4.78, 5) is 12.2. The first kappa shape index (κ1) is 16.9. The molecule has 3 unspecified atom stereocenters. The first-order valence-corrected chi connectivity index (χ1v) is 6.84. The zero-order chi connectivity index (χ0) is 13.8. The number of carbonyl (C=O) groups excluding carboxylic acids is 1. The number of amides is 1. The van der Waals surface area contributed by atoms with E-state index in [0.29, 0.717) is 5.92 Å². The summed E-state index contributed by atoms with van der Waals surface area (Å²) in [6.07, 6.45) is 0.947. The minimum Gasteiger partial charge on any atom is -0.352 e. The Hall–Kier alpha value is -1.13. The van der Waals surface area contributed by atoms with Gasteiger partial charge < -0.3 is 10.6 Å². The normalized spacial score (nSPS) is 23.6. The fourth-order valence-corrected chi connectivity index (χ4v) is 2.46. The summed E-state index contributed by atoms with van der Waals surface area (Å²) >= 11 is 0. The molecule has 0 aliphatic carbocycles. The van der Waals surface area contributed by atoms with Crippen molar-refractivity contribution < 1.29 is 9.18 Å². The summed E-state index contributed by atoms with van der Waals surface area (Å²) in [7, 11) is 0. The molecule has 20 heavy (non-hydrogen) atoms. The number of piperidine rings is 1. The molecule has 1 aliphatic heterocycles. The number of hydrogen-bond donors (Lipinski definition) is 2. The summed E-state index contributed by atoms with van der Waals surface area (Å²) < 4.78 is 13.2. The molecule has 5 heteroatoms. The second-order valence-electron chi connectivity index (χ2n) is 5.36. The Labute approximate surface area is 125 Å². The van der Waals surface area contributed by atoms with Gasteiger partial charge in [0.25, 0.3) is 0 Å². The Morgan fingerprint density at radius 3 is 2.90 bits per heavy atom. The maximum atomic E-state index is 13.2. The Kier molecular flexibility index (Phi) is 6.43. The van der Waals surface area contributed by atoms with E-state index in [2.05, 4.69) is 17.6 Å². The van der Waals surface area contributed by atoms with Crippen molar-refractivity contribution >= 4 is 18.3 Å². The Balaban J connectivity index is 0.00000200. The summed E-state index contributed by atoms with van der Waals surface area (Å²) in [6.45, 7) is 5.81. The van der Waals surface area contributed by atoms with Gasteiger partial charge in [0.1, 0.15) is 5.82 Å². The minimum atomic E-state index is -0.321. The zero-order valence-electron chi connectivity index (χ0n) is 11.9. The van der Waals surface area contributed by atoms with Gasteiger partial charge in [-0.2, -0.15) is 0 Å². The fraction of sp³-hybridized carbons (Fsp3) is 0.533. The molecule has 1 aromatic carbocycles. The molecule has 112 valence electrons. The number of carbonyl (C=O) groups is 1. The van der Waals surface area contributed by atoms with Crippen LogP contribution in [0.15, 0.2) is 24.3 Å². The van der Waals surface area contributed by atoms with Crippen LogP contribution in [0, 0.1) is 11.7 Å². The van der Waals surface area contributed by atoms with Crippen LogP contribution in [-0.4, -0.2) is 25.0 Å². The molecular weight excluding hydrogens is 279 g/mol. The second kappa shape index (κ2) is 7.60. The molecule has 0 aromatic heterocycles. The molecule has 2 N–H and O–H groups in total. The van der Waals surface area contributed by atoms with Crippen molar-refractivity contribution in [3.8, 4) is 0 Å². The second-order valence-corrected chi connectivity index (χ2v) is 5.36. The Morgan fingerprint density at radius 2 is 2.25 bits per heavy atom. The average molecular weight is 301 g/mol. The van der Waals surface area contributed by atoms with E-state index in [4.69, 9.17) is 0 Å². The molecule has 1 heterocycles. The number of nitrogens with one attached hydrogen (secondary N) is 2. The van der Waals surface area contributed by atoms with Gasteiger partial charge in [-0.25, -0.2) is 4.39 Å². The number of benzene rings is 1. The van der Waals surface area contributed by atoms with Crippen LogP contribution in [0.5, 0.6) is 0 Å². The lowest BCUT2D eigenvalue weighted by Crippen LogP contribution is -2.49. The standard InChI is InChI=1S/C15H21FN2O.ClH/c1-10-9-17-7-6-14(10)18-15(19)11(2)12-4-3-5-13(16)8-12;/h3-5,8,10-11,14,17H,6-7,9H2,1-2H3,(H,18,19);1H. The van der Waals surface area contributed by atoms with E-state index in [0.717, 1.165) is 25.1 Å². The molecule has 2 rings (SSSR count). The van der Waals surface area contributed by atoms with Crippen LogP contribution in [0.4, 0.5) is 4.39 Å². The van der Waals surface area contributed by atoms with Gasteiger partial charge in [-0.05, 0) is 50.0 Å². The van der Waals surface area contributed by atoms with Crippen LogP contribution in [0.3, 0.4) is 0 Å². The van der Waals surface area contributed by atoms with Crippen LogP contribution in [-0.2, 0) is 4.79 Å². The van der Waals surface area contributed by atoms with Gasteiger partial charge >= 0.3 is 0 Å². The molecule has 3 nitrogen and oxygen atoms in total. The van der Waals surface area contributed by atoms with Crippen molar-refractivity contribution in [2.24, 2.45) is 5.92 Å². The minimum absolute atomic E-state index is 0. The largest absolute Gasteiger partial charge is 0.352 e. The summed E-state index contributed by atoms with van der Waals surface area (Å²) in [5.74, 6) is -0.216. The SMILES string of the molecule is CC(C(=O)NC1CCNCC1C)c1cccc(F)c1.Cl. The first-order chi connectivity index (χ1) is 9.08. The van der Waals surface area contributed by atoms with Crippen LogP contribution in [0.25, 0.3) is 0 Å². The molecule has 1 aliphatic rings. The van der Waals surface area contributed by atoms with Crippen molar-refractivity contribution in [1.29, 1.82) is 0 Å². The fourth-order valence-electron chi connectivity index (χ4n) is 2.46. The highest BCUT2D eigenvalue weighted by molar-refractivity contribution is 5.85. The van der Waals surface area contributed by atoms with Crippen LogP contribution in [0.2, 0.25) is 0 Å². The Morgan fingerprint density at radius 1 is 1.50 bits per heavy atom. The molecular formula is C15H22ClFN2O. The van der Waals surface area contributed by atoms with Gasteiger partial charge in [-0.3, -0.25) is 4.79 Å². The van der Waals surface area contributed by atoms with E-state index in [9.17, 15) is 9.18 Å². The van der Waals surface area contributed by atoms with Crippen LogP contribution < -0.4 is 10.6 Å². The van der Waals surface area contributed by atoms with Crippen molar-refractivity contribution in [2.45, 2.75) is 32.2 Å². The third-order valence-corrected chi connectivity index (χ3v) is 3.85. The number of halogens is 2. The monoisotopic (exact) mass is 300 g/mol. The van der Waals surface area contributed by atoms with E-state index in [-0.39, 0.29) is 36.1 Å². The highest BCUT2D eigenvalue weighted by Crippen LogP contribution is 2.18. The highest BCUT2D eigenvalue weighted by atomic mass is 35.5. The molecule has 0 radical (unpaired) electrons. The van der Waals surface area contributed by atoms with Gasteiger partial charge in [-0.1, -0.05) is 19.1 Å². The number of rotatable bonds is 3. The van der Waals surface area contributed by atoms with E-state index in [1.807, 2.05) is 6.92 Å². The van der Waals surface area contributed by atoms with Crippen molar-refractivity contribution in [1.82, 2.24) is 10.6 Å². The molecule has 0 spiro atoms. The molecule has 1 fully saturated rings. The lowest BCUT2D eigenvalue weighted by Gasteiger charge is -2.31. The number of hydrogen-bond acceptors (Lipinski definition) is 2. The molecule has 0 bridgehead atoms. The Bertz CT molecular complexity index is 455. The summed E-state index contributed by atoms with van der Waals surface area (Å²) in [5, 5.41) is 6.39. The quantitative estimate of drug-likeness (QED) is 0.900. The van der Waals surface area contributed by atoms with Gasteiger partial charge in [0.05, 0.1) is 5.92 Å². The van der Waals surface area contributed by atoms with Crippen molar-refractivity contribution in [3.63, 3.8) is 0 Å². The average Bonchev–Trinajstić information content (AvgIpc) is 2.40. The van der Waals surface area contributed by atoms with Gasteiger partial charge in [0, 0.05) is 6.04 Å². The van der Waals surface area contributed by atoms with Crippen molar-refractivity contribution in [3.05, 3.63) is 35.6 Å². The molecule has 1 amide bonds. The van der Waals surface area contributed by atoms with E-state index >= 15 is 0 Å². The smallest absolute Gasteiger partial charge is 0.227 e. The van der Waals surface area contributed by atoms with E-state index in [1.54, 1.807) is 12.1 Å². The predicted octanol–water partition coefficient (Wildman–Crippen LogP) is 2.47. The van der Waals surface area contributed by atoms with Gasteiger partial charge in [0.15, 0.2) is 0 Å². The lowest BCUT2D eigenvalue weighted by atomic mass is 9.93. The topological polar surface area (TPSA) is 41.1 Å². The highest BCUT2D eigenvalue weighted by Gasteiger charge is 2.25. The third-order valence-electron chi connectivity index (χ3n) is 3.85. The first-order valence-electron chi connectivity index (χ1n) is 6.84. The zero-order valence-corrected chi connectivity index (χ0v) is 12.7. The predicted molar refractivity (Wildman–Crippen MR) is 80.6 cm³/mol. The van der Waals surface area contributed by atoms with Crippen molar-refractivity contribution in [2.75, 3.05) is 13.1 Å². The summed E-state index contributed by atoms with van der Waals surface area (Å²) in [5.41, 5.74) is 0.721. The maximum Gasteiger partial charge on any atom is 0.227 e. The van der Waals surface area contributed by atoms with E-state index < -0.39 is 0 Å². The van der Waals surface area contributed by atoms with Gasteiger partial charge in [0.2, 0.25) is 5.91 Å². The van der Waals surface area contributed by atoms with E-state index in [1.165, 1.54) is 12.1 Å². The lowest BCUT2D eigenvalue weighted by molar-refractivity contribution is -0.123. The molecule has 1 aromatic rings. The van der Waals surface area contributed by atoms with Gasteiger partial charge in [-0.15, -0.1) is 12.4 Å². The van der Waals surface area contributed by atoms with Crippen LogP contribution >= 0.6 is 12.4 Å². The molecule has 0 saturated carbocycles. The third kappa shape index (κ3) is 4.18. The maximum absolute atomic E-state index is 13.2.